The Bertz CT molecular complexity index is 1010. The van der Waals surface area contributed by atoms with Crippen molar-refractivity contribution >= 4 is 11.7 Å². The minimum atomic E-state index is -0.823. The fraction of sp³-hybridized carbons (Fsp3) is 0.250. The van der Waals surface area contributed by atoms with Crippen molar-refractivity contribution in [2.75, 3.05) is 0 Å². The van der Waals surface area contributed by atoms with Crippen LogP contribution in [0.4, 0.5) is 5.69 Å². The quantitative estimate of drug-likeness (QED) is 0.353. The Labute approximate surface area is 161 Å². The normalized spacial score (nSPS) is 10.9. The molecule has 1 aromatic heterocycles. The third-order valence-corrected chi connectivity index (χ3v) is 4.27. The van der Waals surface area contributed by atoms with Crippen molar-refractivity contribution < 1.29 is 19.0 Å². The number of aromatic nitrogens is 2. The third kappa shape index (κ3) is 4.06. The Morgan fingerprint density at radius 2 is 1.93 bits per heavy atom. The second-order valence-corrected chi connectivity index (χ2v) is 6.59. The lowest BCUT2D eigenvalue weighted by Gasteiger charge is -2.05. The van der Waals surface area contributed by atoms with Crippen LogP contribution in [0.5, 0.6) is 0 Å². The van der Waals surface area contributed by atoms with Crippen molar-refractivity contribution in [2.24, 2.45) is 0 Å². The lowest BCUT2D eigenvalue weighted by Crippen LogP contribution is -2.09. The van der Waals surface area contributed by atoms with Crippen molar-refractivity contribution in [2.45, 2.75) is 33.3 Å². The van der Waals surface area contributed by atoms with Crippen LogP contribution in [0.3, 0.4) is 0 Å². The molecule has 3 rings (SSSR count). The zero-order valence-electron chi connectivity index (χ0n) is 15.7. The number of hydrogen-bond acceptors (Lipinski definition) is 7. The SMILES string of the molecule is Cc1cccc(C(=O)OCc2nc(-c3ccc(C(C)C)cc3)no2)c1[N+](=O)[O-]. The van der Waals surface area contributed by atoms with Gasteiger partial charge in [0.15, 0.2) is 6.61 Å². The van der Waals surface area contributed by atoms with Crippen molar-refractivity contribution in [3.63, 3.8) is 0 Å². The molecule has 3 aromatic rings. The first-order chi connectivity index (χ1) is 13.4. The maximum atomic E-state index is 12.3. The van der Waals surface area contributed by atoms with Gasteiger partial charge in [0.25, 0.3) is 11.6 Å². The lowest BCUT2D eigenvalue weighted by molar-refractivity contribution is -0.385. The van der Waals surface area contributed by atoms with Crippen molar-refractivity contribution in [3.8, 4) is 11.4 Å². The molecule has 0 saturated heterocycles. The zero-order valence-corrected chi connectivity index (χ0v) is 15.7. The molecule has 2 aromatic carbocycles. The maximum absolute atomic E-state index is 12.3. The van der Waals surface area contributed by atoms with Gasteiger partial charge in [-0.1, -0.05) is 55.4 Å². The van der Waals surface area contributed by atoms with Gasteiger partial charge in [-0.2, -0.15) is 4.98 Å². The highest BCUT2D eigenvalue weighted by Crippen LogP contribution is 2.24. The summed E-state index contributed by atoms with van der Waals surface area (Å²) in [6.45, 7) is 5.49. The van der Waals surface area contributed by atoms with Gasteiger partial charge in [-0.25, -0.2) is 4.79 Å². The van der Waals surface area contributed by atoms with Crippen LogP contribution in [-0.2, 0) is 11.3 Å². The smallest absolute Gasteiger partial charge is 0.345 e. The van der Waals surface area contributed by atoms with E-state index in [-0.39, 0.29) is 23.7 Å². The van der Waals surface area contributed by atoms with Crippen LogP contribution in [0.15, 0.2) is 47.0 Å². The molecule has 0 fully saturated rings. The van der Waals surface area contributed by atoms with Crippen LogP contribution in [0, 0.1) is 17.0 Å². The van der Waals surface area contributed by atoms with Gasteiger partial charge in [0.05, 0.1) is 4.92 Å². The number of benzene rings is 2. The molecule has 28 heavy (non-hydrogen) atoms. The van der Waals surface area contributed by atoms with Gasteiger partial charge < -0.3 is 9.26 Å². The maximum Gasteiger partial charge on any atom is 0.345 e. The second kappa shape index (κ2) is 7.99. The molecule has 144 valence electrons. The van der Waals surface area contributed by atoms with E-state index in [1.54, 1.807) is 19.1 Å². The number of esters is 1. The van der Waals surface area contributed by atoms with Crippen molar-refractivity contribution in [1.29, 1.82) is 0 Å². The molecule has 8 heteroatoms. The van der Waals surface area contributed by atoms with Gasteiger partial charge in [0.1, 0.15) is 5.56 Å². The van der Waals surface area contributed by atoms with Gasteiger partial charge in [0.2, 0.25) is 5.82 Å². The Morgan fingerprint density at radius 3 is 2.57 bits per heavy atom. The molecule has 0 saturated carbocycles. The molecule has 0 amide bonds. The Kier molecular flexibility index (Phi) is 5.49. The van der Waals surface area contributed by atoms with Crippen LogP contribution in [0.2, 0.25) is 0 Å². The fourth-order valence-electron chi connectivity index (χ4n) is 2.72. The summed E-state index contributed by atoms with van der Waals surface area (Å²) < 4.78 is 10.2. The molecule has 0 aliphatic carbocycles. The number of aryl methyl sites for hydroxylation is 1. The van der Waals surface area contributed by atoms with Gasteiger partial charge in [-0.15, -0.1) is 0 Å². The summed E-state index contributed by atoms with van der Waals surface area (Å²) in [7, 11) is 0. The summed E-state index contributed by atoms with van der Waals surface area (Å²) in [5.74, 6) is 0.0749. The van der Waals surface area contributed by atoms with Gasteiger partial charge in [-0.05, 0) is 24.5 Å². The Balaban J connectivity index is 1.70. The molecule has 0 spiro atoms. The average molecular weight is 381 g/mol. The van der Waals surface area contributed by atoms with E-state index >= 15 is 0 Å². The van der Waals surface area contributed by atoms with Crippen LogP contribution >= 0.6 is 0 Å². The predicted molar refractivity (Wildman–Crippen MR) is 101 cm³/mol. The predicted octanol–water partition coefficient (Wildman–Crippen LogP) is 4.43. The number of rotatable bonds is 6. The lowest BCUT2D eigenvalue weighted by atomic mass is 10.0. The number of nitro benzene ring substituents is 1. The molecule has 0 aliphatic heterocycles. The average Bonchev–Trinajstić information content (AvgIpc) is 3.14. The molecule has 0 radical (unpaired) electrons. The number of nitrogens with zero attached hydrogens (tertiary/aromatic N) is 3. The van der Waals surface area contributed by atoms with Crippen LogP contribution in [0.1, 0.15) is 47.1 Å². The van der Waals surface area contributed by atoms with Gasteiger partial charge in [-0.3, -0.25) is 10.1 Å². The first-order valence-electron chi connectivity index (χ1n) is 8.71. The highest BCUT2D eigenvalue weighted by Gasteiger charge is 2.24. The molecule has 0 atom stereocenters. The van der Waals surface area contributed by atoms with Gasteiger partial charge in [0, 0.05) is 11.1 Å². The number of hydrogen-bond donors (Lipinski definition) is 0. The molecular formula is C20H19N3O5. The number of nitro groups is 1. The monoisotopic (exact) mass is 381 g/mol. The Morgan fingerprint density at radius 1 is 1.21 bits per heavy atom. The summed E-state index contributed by atoms with van der Waals surface area (Å²) in [6.07, 6.45) is 0. The van der Waals surface area contributed by atoms with Gasteiger partial charge >= 0.3 is 5.97 Å². The van der Waals surface area contributed by atoms with E-state index < -0.39 is 10.9 Å². The molecular weight excluding hydrogens is 362 g/mol. The zero-order chi connectivity index (χ0) is 20.3. The number of carbonyl (C=O) groups excluding carboxylic acids is 1. The van der Waals surface area contributed by atoms with Crippen LogP contribution in [-0.4, -0.2) is 21.0 Å². The third-order valence-electron chi connectivity index (χ3n) is 4.27. The summed E-state index contributed by atoms with van der Waals surface area (Å²) in [6, 6.07) is 12.2. The molecule has 0 aliphatic rings. The topological polar surface area (TPSA) is 108 Å². The van der Waals surface area contributed by atoms with Crippen molar-refractivity contribution in [1.82, 2.24) is 10.1 Å². The largest absolute Gasteiger partial charge is 0.452 e. The standard InChI is InChI=1S/C20H19N3O5/c1-12(2)14-7-9-15(10-8-14)19-21-17(28-22-19)11-27-20(24)16-6-4-5-13(3)18(16)23(25)26/h4-10,12H,11H2,1-3H3. The van der Waals surface area contributed by atoms with E-state index in [1.807, 2.05) is 24.3 Å². The van der Waals surface area contributed by atoms with E-state index in [2.05, 4.69) is 24.0 Å². The second-order valence-electron chi connectivity index (χ2n) is 6.59. The summed E-state index contributed by atoms with van der Waals surface area (Å²) in [4.78, 5) is 27.1. The van der Waals surface area contributed by atoms with Crippen LogP contribution in [0.25, 0.3) is 11.4 Å². The number of para-hydroxylation sites is 1. The molecule has 1 heterocycles. The van der Waals surface area contributed by atoms with E-state index in [4.69, 9.17) is 9.26 Å². The molecule has 8 nitrogen and oxygen atoms in total. The summed E-state index contributed by atoms with van der Waals surface area (Å²) >= 11 is 0. The highest BCUT2D eigenvalue weighted by atomic mass is 16.6. The number of ether oxygens (including phenoxy) is 1. The summed E-state index contributed by atoms with van der Waals surface area (Å²) in [5, 5.41) is 15.1. The molecule has 0 N–H and O–H groups in total. The number of carbonyl (C=O) groups is 1. The summed E-state index contributed by atoms with van der Waals surface area (Å²) in [5.41, 5.74) is 1.96. The first-order valence-corrected chi connectivity index (χ1v) is 8.71. The fourth-order valence-corrected chi connectivity index (χ4v) is 2.72. The van der Waals surface area contributed by atoms with E-state index in [0.29, 0.717) is 17.3 Å². The van der Waals surface area contributed by atoms with E-state index in [9.17, 15) is 14.9 Å². The Hall–Kier alpha value is -3.55. The molecule has 0 bridgehead atoms. The van der Waals surface area contributed by atoms with Crippen LogP contribution < -0.4 is 0 Å². The van der Waals surface area contributed by atoms with Crippen molar-refractivity contribution in [3.05, 3.63) is 75.2 Å². The minimum Gasteiger partial charge on any atom is -0.452 e. The first kappa shape index (κ1) is 19.2. The van der Waals surface area contributed by atoms with E-state index in [0.717, 1.165) is 5.56 Å². The molecule has 0 unspecified atom stereocenters. The van der Waals surface area contributed by atoms with E-state index in [1.165, 1.54) is 11.6 Å². The highest BCUT2D eigenvalue weighted by molar-refractivity contribution is 5.94. The minimum absolute atomic E-state index is 0.103.